The number of benzene rings is 1. The quantitative estimate of drug-likeness (QED) is 0.894. The molecule has 3 heteroatoms. The molecule has 2 atom stereocenters. The molecule has 19 heavy (non-hydrogen) atoms. The maximum Gasteiger partial charge on any atom is 0.157 e. The van der Waals surface area contributed by atoms with Gasteiger partial charge in [0.15, 0.2) is 5.17 Å². The average Bonchev–Trinajstić information content (AvgIpc) is 2.47. The van der Waals surface area contributed by atoms with Crippen molar-refractivity contribution in [2.45, 2.75) is 51.1 Å². The molecule has 1 aromatic carbocycles. The number of thioether (sulfide) groups is 1. The zero-order valence-corrected chi connectivity index (χ0v) is 12.4. The van der Waals surface area contributed by atoms with Gasteiger partial charge >= 0.3 is 0 Å². The van der Waals surface area contributed by atoms with Crippen molar-refractivity contribution in [3.63, 3.8) is 0 Å². The van der Waals surface area contributed by atoms with Crippen LogP contribution in [0.2, 0.25) is 0 Å². The van der Waals surface area contributed by atoms with E-state index in [1.165, 1.54) is 47.7 Å². The Morgan fingerprint density at radius 1 is 1.26 bits per heavy atom. The lowest BCUT2D eigenvalue weighted by atomic mass is 9.88. The topological polar surface area (TPSA) is 24.4 Å². The molecule has 0 aromatic heterocycles. The number of nitrogens with zero attached hydrogens (tertiary/aromatic N) is 1. The third kappa shape index (κ3) is 3.14. The Morgan fingerprint density at radius 3 is 2.95 bits per heavy atom. The molecule has 0 spiro atoms. The van der Waals surface area contributed by atoms with Crippen LogP contribution in [0.3, 0.4) is 0 Å². The Labute approximate surface area is 120 Å². The van der Waals surface area contributed by atoms with Crippen molar-refractivity contribution in [3.8, 4) is 0 Å². The van der Waals surface area contributed by atoms with Gasteiger partial charge in [0, 0.05) is 11.8 Å². The second-order valence-electron chi connectivity index (χ2n) is 5.49. The highest BCUT2D eigenvalue weighted by Gasteiger charge is 2.21. The van der Waals surface area contributed by atoms with Gasteiger partial charge in [0.2, 0.25) is 0 Å². The maximum absolute atomic E-state index is 4.82. The largest absolute Gasteiger partial charge is 0.362 e. The standard InChI is InChI=1S/C16H22N2S/c1-2-14-9-10-19-16(17-14)18-15-8-7-12-5-3-4-6-13(12)11-15/h3-6,14-15H,2,7-11H2,1H3,(H,17,18). The van der Waals surface area contributed by atoms with Crippen molar-refractivity contribution in [3.05, 3.63) is 35.4 Å². The van der Waals surface area contributed by atoms with E-state index in [1.54, 1.807) is 0 Å². The van der Waals surface area contributed by atoms with Gasteiger partial charge in [-0.25, -0.2) is 0 Å². The first-order chi connectivity index (χ1) is 9.35. The predicted molar refractivity (Wildman–Crippen MR) is 84.0 cm³/mol. The molecule has 2 nitrogen and oxygen atoms in total. The van der Waals surface area contributed by atoms with Crippen LogP contribution >= 0.6 is 11.8 Å². The Hall–Kier alpha value is -0.960. The van der Waals surface area contributed by atoms with E-state index in [1.807, 2.05) is 11.8 Å². The molecule has 2 unspecified atom stereocenters. The molecule has 3 rings (SSSR count). The van der Waals surface area contributed by atoms with Crippen LogP contribution in [0.25, 0.3) is 0 Å². The Kier molecular flexibility index (Phi) is 4.12. The monoisotopic (exact) mass is 274 g/mol. The third-order valence-electron chi connectivity index (χ3n) is 4.14. The smallest absolute Gasteiger partial charge is 0.157 e. The third-order valence-corrected chi connectivity index (χ3v) is 5.07. The molecule has 1 aliphatic carbocycles. The van der Waals surface area contributed by atoms with Gasteiger partial charge in [0.05, 0.1) is 6.04 Å². The van der Waals surface area contributed by atoms with Crippen molar-refractivity contribution < 1.29 is 0 Å². The van der Waals surface area contributed by atoms with Crippen LogP contribution in [0.1, 0.15) is 37.3 Å². The SMILES string of the molecule is CCC1CCSC(NC2CCc3ccccc3C2)=N1. The average molecular weight is 274 g/mol. The molecule has 0 fully saturated rings. The maximum atomic E-state index is 4.82. The predicted octanol–water partition coefficient (Wildman–Crippen LogP) is 3.41. The molecular weight excluding hydrogens is 252 g/mol. The first-order valence-electron chi connectivity index (χ1n) is 7.39. The second kappa shape index (κ2) is 6.00. The Morgan fingerprint density at radius 2 is 2.11 bits per heavy atom. The van der Waals surface area contributed by atoms with Gasteiger partial charge in [-0.1, -0.05) is 43.0 Å². The van der Waals surface area contributed by atoms with Gasteiger partial charge in [-0.15, -0.1) is 0 Å². The number of amidine groups is 1. The Bertz CT molecular complexity index is 470. The summed E-state index contributed by atoms with van der Waals surface area (Å²) >= 11 is 1.90. The lowest BCUT2D eigenvalue weighted by Gasteiger charge is -2.28. The van der Waals surface area contributed by atoms with E-state index in [2.05, 4.69) is 36.5 Å². The Balaban J connectivity index is 1.64. The molecule has 0 saturated heterocycles. The highest BCUT2D eigenvalue weighted by atomic mass is 32.2. The second-order valence-corrected chi connectivity index (χ2v) is 6.57. The van der Waals surface area contributed by atoms with E-state index >= 15 is 0 Å². The highest BCUT2D eigenvalue weighted by Crippen LogP contribution is 2.23. The molecule has 0 saturated carbocycles. The normalized spacial score (nSPS) is 26.5. The van der Waals surface area contributed by atoms with Crippen LogP contribution in [0.15, 0.2) is 29.3 Å². The molecule has 2 aliphatic rings. The first kappa shape index (κ1) is 13.0. The van der Waals surface area contributed by atoms with E-state index in [9.17, 15) is 0 Å². The number of hydrogen-bond acceptors (Lipinski definition) is 3. The number of aryl methyl sites for hydroxylation is 1. The minimum absolute atomic E-state index is 0.541. The van der Waals surface area contributed by atoms with Gasteiger partial charge in [-0.3, -0.25) is 4.99 Å². The van der Waals surface area contributed by atoms with Crippen LogP contribution in [-0.2, 0) is 12.8 Å². The zero-order valence-electron chi connectivity index (χ0n) is 11.6. The van der Waals surface area contributed by atoms with Crippen molar-refractivity contribution in [2.24, 2.45) is 4.99 Å². The van der Waals surface area contributed by atoms with Gasteiger partial charge < -0.3 is 5.32 Å². The van der Waals surface area contributed by atoms with Gasteiger partial charge in [-0.05, 0) is 43.2 Å². The summed E-state index contributed by atoms with van der Waals surface area (Å²) in [6, 6.07) is 9.96. The summed E-state index contributed by atoms with van der Waals surface area (Å²) in [5.41, 5.74) is 3.05. The summed E-state index contributed by atoms with van der Waals surface area (Å²) in [4.78, 5) is 4.82. The fourth-order valence-electron chi connectivity index (χ4n) is 2.93. The summed E-state index contributed by atoms with van der Waals surface area (Å²) in [6.07, 6.45) is 5.97. The summed E-state index contributed by atoms with van der Waals surface area (Å²) in [7, 11) is 0. The number of aliphatic imine (C=N–C) groups is 1. The van der Waals surface area contributed by atoms with Gasteiger partial charge in [0.1, 0.15) is 0 Å². The van der Waals surface area contributed by atoms with E-state index < -0.39 is 0 Å². The highest BCUT2D eigenvalue weighted by molar-refractivity contribution is 8.13. The van der Waals surface area contributed by atoms with Crippen LogP contribution in [0.4, 0.5) is 0 Å². The van der Waals surface area contributed by atoms with Gasteiger partial charge in [0.25, 0.3) is 0 Å². The molecule has 1 aliphatic heterocycles. The number of rotatable bonds is 2. The molecule has 1 N–H and O–H groups in total. The molecular formula is C16H22N2S. The van der Waals surface area contributed by atoms with Crippen molar-refractivity contribution in [1.29, 1.82) is 0 Å². The van der Waals surface area contributed by atoms with Crippen molar-refractivity contribution in [1.82, 2.24) is 5.32 Å². The van der Waals surface area contributed by atoms with Gasteiger partial charge in [-0.2, -0.15) is 0 Å². The van der Waals surface area contributed by atoms with Crippen LogP contribution in [0.5, 0.6) is 0 Å². The van der Waals surface area contributed by atoms with Crippen molar-refractivity contribution in [2.75, 3.05) is 5.75 Å². The lowest BCUT2D eigenvalue weighted by Crippen LogP contribution is -2.39. The molecule has 0 amide bonds. The van der Waals surface area contributed by atoms with Crippen LogP contribution in [-0.4, -0.2) is 23.0 Å². The van der Waals surface area contributed by atoms with Crippen LogP contribution < -0.4 is 5.32 Å². The molecule has 102 valence electrons. The molecule has 1 aromatic rings. The summed E-state index contributed by atoms with van der Waals surface area (Å²) in [6.45, 7) is 2.23. The zero-order chi connectivity index (χ0) is 13.1. The van der Waals surface area contributed by atoms with Crippen molar-refractivity contribution >= 4 is 16.9 Å². The van der Waals surface area contributed by atoms with E-state index in [0.717, 1.165) is 6.42 Å². The van der Waals surface area contributed by atoms with E-state index in [4.69, 9.17) is 4.99 Å². The minimum atomic E-state index is 0.541. The molecule has 1 heterocycles. The van der Waals surface area contributed by atoms with Crippen LogP contribution in [0, 0.1) is 0 Å². The van der Waals surface area contributed by atoms with E-state index in [0.29, 0.717) is 12.1 Å². The molecule has 0 radical (unpaired) electrons. The fourth-order valence-corrected chi connectivity index (χ4v) is 3.99. The summed E-state index contributed by atoms with van der Waals surface area (Å²) in [5.74, 6) is 1.22. The fraction of sp³-hybridized carbons (Fsp3) is 0.562. The number of hydrogen-bond donors (Lipinski definition) is 1. The minimum Gasteiger partial charge on any atom is -0.362 e. The lowest BCUT2D eigenvalue weighted by molar-refractivity contribution is 0.526. The summed E-state index contributed by atoms with van der Waals surface area (Å²) < 4.78 is 0. The molecule has 0 bridgehead atoms. The van der Waals surface area contributed by atoms with E-state index in [-0.39, 0.29) is 0 Å². The summed E-state index contributed by atoms with van der Waals surface area (Å²) in [5, 5.41) is 4.86. The first-order valence-corrected chi connectivity index (χ1v) is 8.37. The number of fused-ring (bicyclic) bond motifs is 1. The number of nitrogens with one attached hydrogen (secondary N) is 1.